The predicted octanol–water partition coefficient (Wildman–Crippen LogP) is 6.70. The SMILES string of the molecule is CC(C)(C)N=Cc1ccc(C(=O)OCCCCCCOC(=O)c2ccc(C=NC(C)(C)C)cc2)cc1. The second kappa shape index (κ2) is 13.7. The highest BCUT2D eigenvalue weighted by Crippen LogP contribution is 2.11. The molecule has 0 amide bonds. The molecule has 0 fully saturated rings. The Morgan fingerprint density at radius 1 is 0.611 bits per heavy atom. The van der Waals surface area contributed by atoms with Crippen LogP contribution in [0.3, 0.4) is 0 Å². The summed E-state index contributed by atoms with van der Waals surface area (Å²) in [7, 11) is 0. The van der Waals surface area contributed by atoms with E-state index in [-0.39, 0.29) is 23.0 Å². The highest BCUT2D eigenvalue weighted by Gasteiger charge is 2.09. The van der Waals surface area contributed by atoms with E-state index in [4.69, 9.17) is 9.47 Å². The number of carbonyl (C=O) groups is 2. The molecule has 0 unspecified atom stereocenters. The van der Waals surface area contributed by atoms with Gasteiger partial charge in [0.05, 0.1) is 35.4 Å². The molecule has 0 atom stereocenters. The number of nitrogens with zero attached hydrogens (tertiary/aromatic N) is 2. The van der Waals surface area contributed by atoms with E-state index in [0.717, 1.165) is 36.8 Å². The van der Waals surface area contributed by atoms with E-state index >= 15 is 0 Å². The third-order valence-corrected chi connectivity index (χ3v) is 5.00. The lowest BCUT2D eigenvalue weighted by Crippen LogP contribution is -2.10. The Morgan fingerprint density at radius 2 is 0.944 bits per heavy atom. The molecule has 0 spiro atoms. The molecule has 2 aromatic carbocycles. The number of aliphatic imine (C=N–C) groups is 2. The highest BCUT2D eigenvalue weighted by atomic mass is 16.5. The Bertz CT molecular complexity index is 939. The van der Waals surface area contributed by atoms with Crippen molar-refractivity contribution in [3.8, 4) is 0 Å². The average molecular weight is 493 g/mol. The van der Waals surface area contributed by atoms with Gasteiger partial charge in [-0.1, -0.05) is 24.3 Å². The fraction of sp³-hybridized carbons (Fsp3) is 0.467. The van der Waals surface area contributed by atoms with Crippen molar-refractivity contribution in [3.63, 3.8) is 0 Å². The molecule has 36 heavy (non-hydrogen) atoms. The number of unbranched alkanes of at least 4 members (excludes halogenated alkanes) is 3. The maximum absolute atomic E-state index is 12.2. The van der Waals surface area contributed by atoms with Crippen molar-refractivity contribution in [2.75, 3.05) is 13.2 Å². The maximum atomic E-state index is 12.2. The molecule has 0 saturated heterocycles. The van der Waals surface area contributed by atoms with E-state index in [1.807, 2.05) is 78.2 Å². The van der Waals surface area contributed by atoms with Crippen LogP contribution in [0.15, 0.2) is 58.5 Å². The van der Waals surface area contributed by atoms with Crippen molar-refractivity contribution in [1.29, 1.82) is 0 Å². The van der Waals surface area contributed by atoms with Gasteiger partial charge in [-0.05, 0) is 103 Å². The van der Waals surface area contributed by atoms with Crippen LogP contribution in [0.4, 0.5) is 0 Å². The van der Waals surface area contributed by atoms with Crippen molar-refractivity contribution in [2.24, 2.45) is 9.98 Å². The predicted molar refractivity (Wildman–Crippen MR) is 147 cm³/mol. The molecule has 0 aromatic heterocycles. The summed E-state index contributed by atoms with van der Waals surface area (Å²) in [6, 6.07) is 14.5. The molecule has 2 rings (SSSR count). The van der Waals surface area contributed by atoms with Crippen LogP contribution in [0.25, 0.3) is 0 Å². The van der Waals surface area contributed by atoms with Crippen molar-refractivity contribution in [1.82, 2.24) is 0 Å². The van der Waals surface area contributed by atoms with Crippen LogP contribution >= 0.6 is 0 Å². The van der Waals surface area contributed by atoms with Gasteiger partial charge in [-0.2, -0.15) is 0 Å². The molecule has 0 heterocycles. The van der Waals surface area contributed by atoms with Crippen molar-refractivity contribution in [2.45, 2.75) is 78.3 Å². The van der Waals surface area contributed by atoms with Gasteiger partial charge in [0.15, 0.2) is 0 Å². The molecule has 0 bridgehead atoms. The quantitative estimate of drug-likeness (QED) is 0.199. The Hall–Kier alpha value is -3.28. The Labute approximate surface area is 215 Å². The molecular weight excluding hydrogens is 452 g/mol. The maximum Gasteiger partial charge on any atom is 0.338 e. The van der Waals surface area contributed by atoms with E-state index in [1.54, 1.807) is 24.3 Å². The molecular formula is C30H40N2O4. The summed E-state index contributed by atoms with van der Waals surface area (Å²) in [5.74, 6) is -0.641. The number of hydrogen-bond donors (Lipinski definition) is 0. The molecule has 6 nitrogen and oxygen atoms in total. The second-order valence-electron chi connectivity index (χ2n) is 10.8. The number of hydrogen-bond acceptors (Lipinski definition) is 6. The van der Waals surface area contributed by atoms with E-state index in [9.17, 15) is 9.59 Å². The van der Waals surface area contributed by atoms with E-state index in [1.165, 1.54) is 0 Å². The lowest BCUT2D eigenvalue weighted by molar-refractivity contribution is 0.0473. The first kappa shape index (κ1) is 29.0. The lowest BCUT2D eigenvalue weighted by Gasteiger charge is -2.10. The molecule has 0 N–H and O–H groups in total. The first-order valence-electron chi connectivity index (χ1n) is 12.6. The summed E-state index contributed by atoms with van der Waals surface area (Å²) in [5.41, 5.74) is 2.70. The zero-order valence-electron chi connectivity index (χ0n) is 22.5. The Balaban J connectivity index is 1.59. The standard InChI is InChI=1S/C30H40N2O4/c1-29(2,3)31-21-23-11-15-25(16-12-23)27(33)35-19-9-7-8-10-20-36-28(34)26-17-13-24(14-18-26)22-32-30(4,5)6/h11-18,21-22H,7-10,19-20H2,1-6H3. The molecule has 0 aliphatic carbocycles. The summed E-state index contributed by atoms with van der Waals surface area (Å²) in [6.07, 6.45) is 6.96. The van der Waals surface area contributed by atoms with Crippen LogP contribution in [-0.2, 0) is 9.47 Å². The molecule has 0 aliphatic heterocycles. The summed E-state index contributed by atoms with van der Waals surface area (Å²) >= 11 is 0. The van der Waals surface area contributed by atoms with Crippen LogP contribution in [0, 0.1) is 0 Å². The van der Waals surface area contributed by atoms with Gasteiger partial charge < -0.3 is 9.47 Å². The normalized spacial score (nSPS) is 12.3. The number of benzene rings is 2. The Morgan fingerprint density at radius 3 is 1.25 bits per heavy atom. The van der Waals surface area contributed by atoms with Gasteiger partial charge in [0.25, 0.3) is 0 Å². The van der Waals surface area contributed by atoms with Gasteiger partial charge in [-0.15, -0.1) is 0 Å². The summed E-state index contributed by atoms with van der Waals surface area (Å²) in [5, 5.41) is 0. The van der Waals surface area contributed by atoms with E-state index < -0.39 is 0 Å². The third kappa shape index (κ3) is 11.9. The minimum absolute atomic E-state index is 0.132. The van der Waals surface area contributed by atoms with Gasteiger partial charge in [-0.25, -0.2) is 9.59 Å². The number of ether oxygens (including phenoxy) is 2. The first-order chi connectivity index (χ1) is 16.9. The van der Waals surface area contributed by atoms with Crippen molar-refractivity contribution < 1.29 is 19.1 Å². The Kier molecular flexibility index (Phi) is 11.0. The van der Waals surface area contributed by atoms with Gasteiger partial charge in [0, 0.05) is 12.4 Å². The van der Waals surface area contributed by atoms with Crippen LogP contribution in [0.5, 0.6) is 0 Å². The smallest absolute Gasteiger partial charge is 0.338 e. The second-order valence-corrected chi connectivity index (χ2v) is 10.8. The van der Waals surface area contributed by atoms with Gasteiger partial charge in [0.1, 0.15) is 0 Å². The summed E-state index contributed by atoms with van der Waals surface area (Å²) in [6.45, 7) is 12.9. The van der Waals surface area contributed by atoms with Crippen LogP contribution in [-0.4, -0.2) is 48.7 Å². The third-order valence-electron chi connectivity index (χ3n) is 5.00. The summed E-state index contributed by atoms with van der Waals surface area (Å²) in [4.78, 5) is 33.3. The molecule has 2 aromatic rings. The largest absolute Gasteiger partial charge is 0.462 e. The molecule has 194 valence electrons. The number of esters is 2. The zero-order chi connectivity index (χ0) is 26.6. The minimum Gasteiger partial charge on any atom is -0.462 e. The lowest BCUT2D eigenvalue weighted by atomic mass is 10.1. The van der Waals surface area contributed by atoms with Crippen LogP contribution < -0.4 is 0 Å². The van der Waals surface area contributed by atoms with Gasteiger partial charge >= 0.3 is 11.9 Å². The first-order valence-corrected chi connectivity index (χ1v) is 12.6. The van der Waals surface area contributed by atoms with Gasteiger partial charge in [-0.3, -0.25) is 9.98 Å². The fourth-order valence-electron chi connectivity index (χ4n) is 3.00. The zero-order valence-corrected chi connectivity index (χ0v) is 22.5. The average Bonchev–Trinajstić information content (AvgIpc) is 2.82. The highest BCUT2D eigenvalue weighted by molar-refractivity contribution is 5.91. The molecule has 6 heteroatoms. The van der Waals surface area contributed by atoms with Gasteiger partial charge in [0.2, 0.25) is 0 Å². The van der Waals surface area contributed by atoms with Crippen LogP contribution in [0.2, 0.25) is 0 Å². The molecule has 0 saturated carbocycles. The molecule has 0 aliphatic rings. The van der Waals surface area contributed by atoms with E-state index in [0.29, 0.717) is 24.3 Å². The monoisotopic (exact) mass is 492 g/mol. The minimum atomic E-state index is -0.320. The number of rotatable bonds is 11. The van der Waals surface area contributed by atoms with Crippen LogP contribution in [0.1, 0.15) is 99.1 Å². The van der Waals surface area contributed by atoms with Crippen molar-refractivity contribution in [3.05, 3.63) is 70.8 Å². The van der Waals surface area contributed by atoms with Crippen molar-refractivity contribution >= 4 is 24.4 Å². The molecule has 0 radical (unpaired) electrons. The fourth-order valence-corrected chi connectivity index (χ4v) is 3.00. The number of carbonyl (C=O) groups excluding carboxylic acids is 2. The summed E-state index contributed by atoms with van der Waals surface area (Å²) < 4.78 is 10.7. The van der Waals surface area contributed by atoms with E-state index in [2.05, 4.69) is 9.98 Å². The topological polar surface area (TPSA) is 77.3 Å².